The van der Waals surface area contributed by atoms with Crippen LogP contribution in [-0.4, -0.2) is 74.7 Å². The van der Waals surface area contributed by atoms with Crippen LogP contribution in [0.15, 0.2) is 0 Å². The van der Waals surface area contributed by atoms with Crippen LogP contribution in [-0.2, 0) is 9.53 Å². The van der Waals surface area contributed by atoms with Gasteiger partial charge in [-0.25, -0.2) is 0 Å². The molecule has 2 heterocycles. The highest BCUT2D eigenvalue weighted by Crippen LogP contribution is 2.25. The van der Waals surface area contributed by atoms with E-state index >= 15 is 0 Å². The van der Waals surface area contributed by atoms with Crippen LogP contribution in [0.1, 0.15) is 39.5 Å². The highest BCUT2D eigenvalue weighted by Gasteiger charge is 2.36. The minimum absolute atomic E-state index is 0.0437. The van der Waals surface area contributed by atoms with Crippen LogP contribution in [0.2, 0.25) is 0 Å². The standard InChI is InChI=1S/C18H35N3O2/c1-4-16(5-2)17(20-9-11-23-12-10-20)18(22)21-8-6-7-15(14-21)13-19-3/h15-17,19H,4-14H2,1-3H3. The van der Waals surface area contributed by atoms with Crippen molar-refractivity contribution in [2.24, 2.45) is 11.8 Å². The number of piperidine rings is 1. The molecule has 0 bridgehead atoms. The molecule has 2 atom stereocenters. The molecule has 0 radical (unpaired) electrons. The van der Waals surface area contributed by atoms with Crippen LogP contribution in [0.5, 0.6) is 0 Å². The lowest BCUT2D eigenvalue weighted by Crippen LogP contribution is -2.57. The van der Waals surface area contributed by atoms with E-state index in [-0.39, 0.29) is 6.04 Å². The zero-order valence-corrected chi connectivity index (χ0v) is 15.2. The monoisotopic (exact) mass is 325 g/mol. The maximum atomic E-state index is 13.3. The summed E-state index contributed by atoms with van der Waals surface area (Å²) in [5, 5.41) is 3.27. The van der Waals surface area contributed by atoms with Crippen molar-refractivity contribution >= 4 is 5.91 Å². The SMILES string of the molecule is CCC(CC)C(C(=O)N1CCCC(CNC)C1)N1CCOCC1. The van der Waals surface area contributed by atoms with Crippen molar-refractivity contribution in [2.45, 2.75) is 45.6 Å². The molecular weight excluding hydrogens is 290 g/mol. The smallest absolute Gasteiger partial charge is 0.240 e. The van der Waals surface area contributed by atoms with Gasteiger partial charge in [0.15, 0.2) is 0 Å². The second kappa shape index (κ2) is 9.60. The van der Waals surface area contributed by atoms with Gasteiger partial charge in [-0.05, 0) is 38.3 Å². The minimum Gasteiger partial charge on any atom is -0.379 e. The molecule has 0 saturated carbocycles. The van der Waals surface area contributed by atoms with E-state index < -0.39 is 0 Å². The molecule has 2 fully saturated rings. The molecule has 5 heteroatoms. The largest absolute Gasteiger partial charge is 0.379 e. The number of morpholine rings is 1. The molecular formula is C18H35N3O2. The van der Waals surface area contributed by atoms with E-state index in [4.69, 9.17) is 4.74 Å². The van der Waals surface area contributed by atoms with Gasteiger partial charge in [-0.2, -0.15) is 0 Å². The van der Waals surface area contributed by atoms with E-state index in [9.17, 15) is 4.79 Å². The maximum absolute atomic E-state index is 13.3. The van der Waals surface area contributed by atoms with Crippen LogP contribution >= 0.6 is 0 Å². The molecule has 0 spiro atoms. The summed E-state index contributed by atoms with van der Waals surface area (Å²) in [5.74, 6) is 1.41. The van der Waals surface area contributed by atoms with Crippen molar-refractivity contribution in [3.63, 3.8) is 0 Å². The van der Waals surface area contributed by atoms with Gasteiger partial charge in [0.1, 0.15) is 0 Å². The van der Waals surface area contributed by atoms with Crippen molar-refractivity contribution in [1.82, 2.24) is 15.1 Å². The lowest BCUT2D eigenvalue weighted by molar-refractivity contribution is -0.143. The molecule has 0 aliphatic carbocycles. The number of hydrogen-bond donors (Lipinski definition) is 1. The normalized spacial score (nSPS) is 24.9. The van der Waals surface area contributed by atoms with Crippen molar-refractivity contribution < 1.29 is 9.53 Å². The van der Waals surface area contributed by atoms with Crippen LogP contribution in [0.4, 0.5) is 0 Å². The number of nitrogens with zero attached hydrogens (tertiary/aromatic N) is 2. The third-order valence-corrected chi connectivity index (χ3v) is 5.51. The van der Waals surface area contributed by atoms with Gasteiger partial charge in [0, 0.05) is 26.2 Å². The molecule has 1 amide bonds. The van der Waals surface area contributed by atoms with E-state index in [1.54, 1.807) is 0 Å². The molecule has 5 nitrogen and oxygen atoms in total. The molecule has 134 valence electrons. The zero-order chi connectivity index (χ0) is 16.7. The summed E-state index contributed by atoms with van der Waals surface area (Å²) in [4.78, 5) is 17.9. The fourth-order valence-electron chi connectivity index (χ4n) is 4.15. The molecule has 2 aliphatic rings. The zero-order valence-electron chi connectivity index (χ0n) is 15.2. The Balaban J connectivity index is 2.08. The summed E-state index contributed by atoms with van der Waals surface area (Å²) in [6.45, 7) is 10.6. The summed E-state index contributed by atoms with van der Waals surface area (Å²) >= 11 is 0. The van der Waals surface area contributed by atoms with Gasteiger partial charge in [-0.3, -0.25) is 9.69 Å². The molecule has 1 N–H and O–H groups in total. The number of likely N-dealkylation sites (tertiary alicyclic amines) is 1. The number of rotatable bonds is 7. The third-order valence-electron chi connectivity index (χ3n) is 5.51. The Morgan fingerprint density at radius 1 is 1.22 bits per heavy atom. The summed E-state index contributed by atoms with van der Waals surface area (Å²) in [6.07, 6.45) is 4.50. The quantitative estimate of drug-likeness (QED) is 0.772. The van der Waals surface area contributed by atoms with Gasteiger partial charge < -0.3 is 15.0 Å². The number of ether oxygens (including phenoxy) is 1. The van der Waals surface area contributed by atoms with Crippen molar-refractivity contribution in [2.75, 3.05) is 53.0 Å². The van der Waals surface area contributed by atoms with Gasteiger partial charge in [-0.15, -0.1) is 0 Å². The van der Waals surface area contributed by atoms with Crippen LogP contribution in [0, 0.1) is 11.8 Å². The topological polar surface area (TPSA) is 44.8 Å². The van der Waals surface area contributed by atoms with Gasteiger partial charge in [0.25, 0.3) is 0 Å². The molecule has 0 aromatic heterocycles. The Labute approximate surface area is 141 Å². The number of nitrogens with one attached hydrogen (secondary N) is 1. The number of hydrogen-bond acceptors (Lipinski definition) is 4. The average molecular weight is 325 g/mol. The summed E-state index contributed by atoms with van der Waals surface area (Å²) in [5.41, 5.74) is 0. The molecule has 2 saturated heterocycles. The van der Waals surface area contributed by atoms with Gasteiger partial charge in [0.2, 0.25) is 5.91 Å². The van der Waals surface area contributed by atoms with Gasteiger partial charge in [-0.1, -0.05) is 26.7 Å². The second-order valence-corrected chi connectivity index (χ2v) is 7.02. The number of amides is 1. The summed E-state index contributed by atoms with van der Waals surface area (Å²) in [6, 6.07) is 0.0437. The van der Waals surface area contributed by atoms with Crippen molar-refractivity contribution in [1.29, 1.82) is 0 Å². The molecule has 0 aromatic rings. The first kappa shape index (κ1) is 18.7. The molecule has 0 aromatic carbocycles. The van der Waals surface area contributed by atoms with E-state index in [0.717, 1.165) is 65.2 Å². The van der Waals surface area contributed by atoms with E-state index in [1.165, 1.54) is 6.42 Å². The van der Waals surface area contributed by atoms with Crippen molar-refractivity contribution in [3.8, 4) is 0 Å². The third kappa shape index (κ3) is 4.91. The molecule has 23 heavy (non-hydrogen) atoms. The predicted octanol–water partition coefficient (Wildman–Crippen LogP) is 1.58. The highest BCUT2D eigenvalue weighted by molar-refractivity contribution is 5.82. The van der Waals surface area contributed by atoms with Crippen LogP contribution in [0.25, 0.3) is 0 Å². The van der Waals surface area contributed by atoms with Gasteiger partial charge >= 0.3 is 0 Å². The first-order chi connectivity index (χ1) is 11.2. The summed E-state index contributed by atoms with van der Waals surface area (Å²) in [7, 11) is 2.00. The highest BCUT2D eigenvalue weighted by atomic mass is 16.5. The van der Waals surface area contributed by atoms with E-state index in [1.807, 2.05) is 7.05 Å². The Kier molecular flexibility index (Phi) is 7.80. The average Bonchev–Trinajstić information content (AvgIpc) is 2.60. The first-order valence-electron chi connectivity index (χ1n) is 9.46. The van der Waals surface area contributed by atoms with E-state index in [0.29, 0.717) is 17.7 Å². The fourth-order valence-corrected chi connectivity index (χ4v) is 4.15. The van der Waals surface area contributed by atoms with Crippen LogP contribution in [0.3, 0.4) is 0 Å². The maximum Gasteiger partial charge on any atom is 0.240 e. The predicted molar refractivity (Wildman–Crippen MR) is 93.5 cm³/mol. The fraction of sp³-hybridized carbons (Fsp3) is 0.944. The molecule has 2 aliphatic heterocycles. The molecule has 2 rings (SSSR count). The van der Waals surface area contributed by atoms with E-state index in [2.05, 4.69) is 29.0 Å². The first-order valence-corrected chi connectivity index (χ1v) is 9.46. The van der Waals surface area contributed by atoms with Crippen LogP contribution < -0.4 is 5.32 Å². The Morgan fingerprint density at radius 2 is 1.91 bits per heavy atom. The molecule has 2 unspecified atom stereocenters. The lowest BCUT2D eigenvalue weighted by Gasteiger charge is -2.42. The van der Waals surface area contributed by atoms with Crippen molar-refractivity contribution in [3.05, 3.63) is 0 Å². The number of carbonyl (C=O) groups is 1. The van der Waals surface area contributed by atoms with Gasteiger partial charge in [0.05, 0.1) is 19.3 Å². The number of carbonyl (C=O) groups excluding carboxylic acids is 1. The Bertz CT molecular complexity index is 352. The summed E-state index contributed by atoms with van der Waals surface area (Å²) < 4.78 is 5.50. The Morgan fingerprint density at radius 3 is 2.52 bits per heavy atom. The Hall–Kier alpha value is -0.650. The minimum atomic E-state index is 0.0437. The lowest BCUT2D eigenvalue weighted by atomic mass is 9.90. The second-order valence-electron chi connectivity index (χ2n) is 7.02.